The van der Waals surface area contributed by atoms with E-state index in [0.717, 1.165) is 18.4 Å². The van der Waals surface area contributed by atoms with Crippen LogP contribution in [0.5, 0.6) is 0 Å². The van der Waals surface area contributed by atoms with Crippen molar-refractivity contribution in [2.45, 2.75) is 32.6 Å². The molecule has 6 nitrogen and oxygen atoms in total. The van der Waals surface area contributed by atoms with Crippen molar-refractivity contribution in [2.75, 3.05) is 11.9 Å². The van der Waals surface area contributed by atoms with Crippen molar-refractivity contribution in [3.63, 3.8) is 0 Å². The van der Waals surface area contributed by atoms with E-state index in [-0.39, 0.29) is 18.3 Å². The van der Waals surface area contributed by atoms with Gasteiger partial charge in [0.15, 0.2) is 11.7 Å². The van der Waals surface area contributed by atoms with Gasteiger partial charge in [-0.1, -0.05) is 43.7 Å². The van der Waals surface area contributed by atoms with Crippen molar-refractivity contribution in [1.29, 1.82) is 0 Å². The van der Waals surface area contributed by atoms with Gasteiger partial charge in [-0.2, -0.15) is 0 Å². The van der Waals surface area contributed by atoms with Crippen LogP contribution in [-0.4, -0.2) is 23.5 Å². The number of esters is 1. The first kappa shape index (κ1) is 20.3. The van der Waals surface area contributed by atoms with Crippen molar-refractivity contribution < 1.29 is 18.7 Å². The van der Waals surface area contributed by atoms with Crippen LogP contribution in [-0.2, 0) is 16.0 Å². The summed E-state index contributed by atoms with van der Waals surface area (Å²) in [7, 11) is 0. The summed E-state index contributed by atoms with van der Waals surface area (Å²) in [5.74, 6) is 0.698. The number of amides is 1. The molecule has 0 radical (unpaired) electrons. The van der Waals surface area contributed by atoms with Crippen LogP contribution in [0.3, 0.4) is 0 Å². The van der Waals surface area contributed by atoms with Gasteiger partial charge in [-0.15, -0.1) is 0 Å². The molecule has 0 fully saturated rings. The molecule has 150 valence electrons. The zero-order valence-corrected chi connectivity index (χ0v) is 16.4. The van der Waals surface area contributed by atoms with E-state index < -0.39 is 0 Å². The van der Waals surface area contributed by atoms with Crippen LogP contribution in [0.25, 0.3) is 11.3 Å². The van der Waals surface area contributed by atoms with E-state index >= 15 is 0 Å². The third kappa shape index (κ3) is 6.04. The van der Waals surface area contributed by atoms with Gasteiger partial charge in [-0.3, -0.25) is 4.79 Å². The first-order chi connectivity index (χ1) is 14.2. The Morgan fingerprint density at radius 1 is 1.07 bits per heavy atom. The Balaban J connectivity index is 1.47. The van der Waals surface area contributed by atoms with E-state index in [9.17, 15) is 9.59 Å². The molecule has 0 aliphatic heterocycles. The number of hydrogen-bond donors (Lipinski definition) is 1. The normalized spacial score (nSPS) is 10.5. The maximum absolute atomic E-state index is 12.2. The topological polar surface area (TPSA) is 81.4 Å². The summed E-state index contributed by atoms with van der Waals surface area (Å²) < 4.78 is 10.9. The number of nitrogens with zero attached hydrogens (tertiary/aromatic N) is 1. The SMILES string of the molecule is CCCCOC(=O)c1ccc(NC(=O)CCc2ncc(-c3ccccc3)o2)cc1. The number of carbonyl (C=O) groups is 2. The third-order valence-corrected chi connectivity index (χ3v) is 4.31. The number of benzene rings is 2. The lowest BCUT2D eigenvalue weighted by molar-refractivity contribution is -0.116. The fourth-order valence-corrected chi connectivity index (χ4v) is 2.69. The standard InChI is InChI=1S/C23H24N2O4/c1-2-3-15-28-23(27)18-9-11-19(12-10-18)25-21(26)13-14-22-24-16-20(29-22)17-7-5-4-6-8-17/h4-12,16H,2-3,13-15H2,1H3,(H,25,26). The Morgan fingerprint density at radius 2 is 1.83 bits per heavy atom. The number of anilines is 1. The maximum atomic E-state index is 12.2. The number of aromatic nitrogens is 1. The average Bonchev–Trinajstić information content (AvgIpc) is 3.23. The van der Waals surface area contributed by atoms with Crippen LogP contribution in [0.1, 0.15) is 42.4 Å². The highest BCUT2D eigenvalue weighted by Crippen LogP contribution is 2.20. The highest BCUT2D eigenvalue weighted by molar-refractivity contribution is 5.93. The lowest BCUT2D eigenvalue weighted by atomic mass is 10.2. The highest BCUT2D eigenvalue weighted by atomic mass is 16.5. The predicted molar refractivity (Wildman–Crippen MR) is 111 cm³/mol. The Labute approximate surface area is 169 Å². The van der Waals surface area contributed by atoms with Crippen molar-refractivity contribution in [3.8, 4) is 11.3 Å². The van der Waals surface area contributed by atoms with E-state index in [0.29, 0.717) is 35.9 Å². The molecule has 0 saturated carbocycles. The zero-order valence-electron chi connectivity index (χ0n) is 16.4. The van der Waals surface area contributed by atoms with Gasteiger partial charge in [-0.25, -0.2) is 9.78 Å². The molecule has 0 bridgehead atoms. The minimum absolute atomic E-state index is 0.150. The lowest BCUT2D eigenvalue weighted by Crippen LogP contribution is -2.12. The summed E-state index contributed by atoms with van der Waals surface area (Å²) in [6.07, 6.45) is 4.13. The second-order valence-corrected chi connectivity index (χ2v) is 6.60. The number of aryl methyl sites for hydroxylation is 1. The molecular weight excluding hydrogens is 368 g/mol. The number of rotatable bonds is 9. The van der Waals surface area contributed by atoms with Crippen molar-refractivity contribution in [3.05, 3.63) is 72.2 Å². The van der Waals surface area contributed by atoms with E-state index in [1.165, 1.54) is 0 Å². The molecule has 0 saturated heterocycles. The van der Waals surface area contributed by atoms with Gasteiger partial charge in [0, 0.05) is 24.1 Å². The fourth-order valence-electron chi connectivity index (χ4n) is 2.69. The van der Waals surface area contributed by atoms with Crippen molar-refractivity contribution >= 4 is 17.6 Å². The van der Waals surface area contributed by atoms with E-state index in [1.54, 1.807) is 30.5 Å². The van der Waals surface area contributed by atoms with Gasteiger partial charge in [0.05, 0.1) is 18.4 Å². The van der Waals surface area contributed by atoms with Crippen LogP contribution in [0, 0.1) is 0 Å². The quantitative estimate of drug-likeness (QED) is 0.415. The zero-order chi connectivity index (χ0) is 20.5. The Morgan fingerprint density at radius 3 is 2.55 bits per heavy atom. The molecule has 1 heterocycles. The summed E-state index contributed by atoms with van der Waals surface area (Å²) in [6.45, 7) is 2.45. The van der Waals surface area contributed by atoms with E-state index in [1.807, 2.05) is 37.3 Å². The van der Waals surface area contributed by atoms with Gasteiger partial charge in [0.2, 0.25) is 5.91 Å². The van der Waals surface area contributed by atoms with Gasteiger partial charge >= 0.3 is 5.97 Å². The number of carbonyl (C=O) groups excluding carboxylic acids is 2. The summed E-state index contributed by atoms with van der Waals surface area (Å²) in [5, 5.41) is 2.81. The molecule has 0 aliphatic carbocycles. The summed E-state index contributed by atoms with van der Waals surface area (Å²) >= 11 is 0. The second-order valence-electron chi connectivity index (χ2n) is 6.60. The molecule has 3 rings (SSSR count). The minimum atomic E-state index is -0.352. The van der Waals surface area contributed by atoms with Gasteiger partial charge in [0.25, 0.3) is 0 Å². The van der Waals surface area contributed by atoms with Crippen molar-refractivity contribution in [1.82, 2.24) is 4.98 Å². The monoisotopic (exact) mass is 392 g/mol. The van der Waals surface area contributed by atoms with Crippen LogP contribution in [0.2, 0.25) is 0 Å². The molecule has 6 heteroatoms. The maximum Gasteiger partial charge on any atom is 0.338 e. The van der Waals surface area contributed by atoms with Gasteiger partial charge in [-0.05, 0) is 30.7 Å². The molecule has 1 aromatic heterocycles. The number of nitrogens with one attached hydrogen (secondary N) is 1. The molecule has 0 aliphatic rings. The summed E-state index contributed by atoms with van der Waals surface area (Å²) in [6, 6.07) is 16.4. The summed E-state index contributed by atoms with van der Waals surface area (Å²) in [5.41, 5.74) is 2.04. The number of hydrogen-bond acceptors (Lipinski definition) is 5. The van der Waals surface area contributed by atoms with Crippen LogP contribution >= 0.6 is 0 Å². The number of oxazole rings is 1. The fraction of sp³-hybridized carbons (Fsp3) is 0.261. The molecule has 0 atom stereocenters. The van der Waals surface area contributed by atoms with Gasteiger partial charge < -0.3 is 14.5 Å². The van der Waals surface area contributed by atoms with Gasteiger partial charge in [0.1, 0.15) is 0 Å². The number of unbranched alkanes of at least 4 members (excludes halogenated alkanes) is 1. The molecule has 1 amide bonds. The largest absolute Gasteiger partial charge is 0.462 e. The highest BCUT2D eigenvalue weighted by Gasteiger charge is 2.10. The molecular formula is C23H24N2O4. The smallest absolute Gasteiger partial charge is 0.338 e. The molecule has 0 unspecified atom stereocenters. The van der Waals surface area contributed by atoms with Crippen molar-refractivity contribution in [2.24, 2.45) is 0 Å². The molecule has 29 heavy (non-hydrogen) atoms. The predicted octanol–water partition coefficient (Wildman–Crippen LogP) is 4.87. The third-order valence-electron chi connectivity index (χ3n) is 4.31. The molecule has 3 aromatic rings. The first-order valence-corrected chi connectivity index (χ1v) is 9.73. The minimum Gasteiger partial charge on any atom is -0.462 e. The lowest BCUT2D eigenvalue weighted by Gasteiger charge is -2.07. The average molecular weight is 392 g/mol. The first-order valence-electron chi connectivity index (χ1n) is 9.73. The van der Waals surface area contributed by atoms with Crippen LogP contribution in [0.4, 0.5) is 5.69 Å². The van der Waals surface area contributed by atoms with E-state index in [2.05, 4.69) is 10.3 Å². The Hall–Kier alpha value is -3.41. The second kappa shape index (κ2) is 10.2. The van der Waals surface area contributed by atoms with E-state index in [4.69, 9.17) is 9.15 Å². The summed E-state index contributed by atoms with van der Waals surface area (Å²) in [4.78, 5) is 28.3. The molecule has 2 aromatic carbocycles. The van der Waals surface area contributed by atoms with Crippen LogP contribution in [0.15, 0.2) is 65.2 Å². The Kier molecular flexibility index (Phi) is 7.16. The molecule has 0 spiro atoms. The van der Waals surface area contributed by atoms with Crippen LogP contribution < -0.4 is 5.32 Å². The molecule has 1 N–H and O–H groups in total. The number of ether oxygens (including phenoxy) is 1. The Bertz CT molecular complexity index is 933.